The fraction of sp³-hybridized carbons (Fsp3) is 0.188. The zero-order valence-corrected chi connectivity index (χ0v) is 11.8. The number of benzene rings is 2. The molecule has 0 aromatic heterocycles. The Hall–Kier alpha value is -2.69. The minimum Gasteiger partial charge on any atom is -0.504 e. The van der Waals surface area contributed by atoms with Gasteiger partial charge in [0.2, 0.25) is 0 Å². The molecule has 5 heteroatoms. The largest absolute Gasteiger partial charge is 0.504 e. The summed E-state index contributed by atoms with van der Waals surface area (Å²) in [7, 11) is 1.44. The van der Waals surface area contributed by atoms with E-state index in [-0.39, 0.29) is 5.75 Å². The minimum absolute atomic E-state index is 0.0905. The highest BCUT2D eigenvalue weighted by atomic mass is 16.5. The van der Waals surface area contributed by atoms with Crippen LogP contribution in [-0.2, 0) is 4.79 Å². The molecule has 5 nitrogen and oxygen atoms in total. The predicted octanol–water partition coefficient (Wildman–Crippen LogP) is 2.95. The van der Waals surface area contributed by atoms with Crippen molar-refractivity contribution >= 4 is 11.7 Å². The van der Waals surface area contributed by atoms with Crippen LogP contribution >= 0.6 is 0 Å². The van der Waals surface area contributed by atoms with Gasteiger partial charge in [-0.25, -0.2) is 4.79 Å². The molecule has 2 rings (SSSR count). The summed E-state index contributed by atoms with van der Waals surface area (Å²) in [6, 6.07) is 11.0. The average Bonchev–Trinajstić information content (AvgIpc) is 2.44. The van der Waals surface area contributed by atoms with Gasteiger partial charge >= 0.3 is 5.97 Å². The maximum absolute atomic E-state index is 11.5. The number of hydrogen-bond acceptors (Lipinski definition) is 4. The van der Waals surface area contributed by atoms with Crippen molar-refractivity contribution in [2.24, 2.45) is 0 Å². The van der Waals surface area contributed by atoms with Crippen molar-refractivity contribution in [1.29, 1.82) is 0 Å². The van der Waals surface area contributed by atoms with Crippen LogP contribution in [0.15, 0.2) is 42.5 Å². The first kappa shape index (κ1) is 14.7. The second kappa shape index (κ2) is 6.17. The van der Waals surface area contributed by atoms with Crippen molar-refractivity contribution in [2.75, 3.05) is 12.4 Å². The molecular weight excluding hydrogens is 270 g/mol. The second-order valence-electron chi connectivity index (χ2n) is 4.72. The van der Waals surface area contributed by atoms with E-state index in [4.69, 9.17) is 4.74 Å². The zero-order valence-electron chi connectivity index (χ0n) is 11.8. The molecule has 21 heavy (non-hydrogen) atoms. The first-order valence-electron chi connectivity index (χ1n) is 6.44. The fourth-order valence-corrected chi connectivity index (χ4v) is 2.08. The molecule has 0 aliphatic carbocycles. The monoisotopic (exact) mass is 287 g/mol. The third-order valence-corrected chi connectivity index (χ3v) is 3.11. The van der Waals surface area contributed by atoms with E-state index >= 15 is 0 Å². The Morgan fingerprint density at radius 1 is 1.24 bits per heavy atom. The topological polar surface area (TPSA) is 78.8 Å². The molecule has 3 N–H and O–H groups in total. The van der Waals surface area contributed by atoms with Gasteiger partial charge in [-0.1, -0.05) is 18.2 Å². The lowest BCUT2D eigenvalue weighted by Gasteiger charge is -2.17. The van der Waals surface area contributed by atoms with Gasteiger partial charge in [0.1, 0.15) is 0 Å². The van der Waals surface area contributed by atoms with Crippen LogP contribution in [0.4, 0.5) is 5.69 Å². The lowest BCUT2D eigenvalue weighted by molar-refractivity contribution is -0.138. The number of carbonyl (C=O) groups is 1. The molecule has 2 aromatic rings. The highest BCUT2D eigenvalue weighted by Gasteiger charge is 2.21. The molecule has 1 unspecified atom stereocenters. The summed E-state index contributed by atoms with van der Waals surface area (Å²) in [5, 5.41) is 22.1. The standard InChI is InChI=1S/C16H17NO4/c1-10-4-3-5-12(8-10)17-15(16(19)20)11-6-7-14(21-2)13(18)9-11/h3-9,15,17-18H,1-2H3,(H,19,20). The van der Waals surface area contributed by atoms with Crippen LogP contribution in [0, 0.1) is 6.92 Å². The molecule has 0 fully saturated rings. The van der Waals surface area contributed by atoms with E-state index in [9.17, 15) is 15.0 Å². The minimum atomic E-state index is -1.03. The van der Waals surface area contributed by atoms with Gasteiger partial charge in [0, 0.05) is 5.69 Å². The van der Waals surface area contributed by atoms with Crippen LogP contribution in [0.2, 0.25) is 0 Å². The van der Waals surface area contributed by atoms with Gasteiger partial charge in [0.05, 0.1) is 7.11 Å². The van der Waals surface area contributed by atoms with Crippen LogP contribution in [0.3, 0.4) is 0 Å². The normalized spacial score (nSPS) is 11.7. The SMILES string of the molecule is COc1ccc(C(Nc2cccc(C)c2)C(=O)O)cc1O. The third kappa shape index (κ3) is 3.45. The number of methoxy groups -OCH3 is 1. The summed E-state index contributed by atoms with van der Waals surface area (Å²) in [6.45, 7) is 1.93. The number of anilines is 1. The average molecular weight is 287 g/mol. The number of rotatable bonds is 5. The molecule has 0 saturated carbocycles. The molecule has 0 amide bonds. The summed E-state index contributed by atoms with van der Waals surface area (Å²) in [6.07, 6.45) is 0. The van der Waals surface area contributed by atoms with Crippen molar-refractivity contribution in [2.45, 2.75) is 13.0 Å². The Morgan fingerprint density at radius 2 is 2.00 bits per heavy atom. The van der Waals surface area contributed by atoms with Gasteiger partial charge in [-0.3, -0.25) is 0 Å². The van der Waals surface area contributed by atoms with Gasteiger partial charge in [0.25, 0.3) is 0 Å². The van der Waals surface area contributed by atoms with Crippen molar-refractivity contribution in [3.63, 3.8) is 0 Å². The van der Waals surface area contributed by atoms with Gasteiger partial charge < -0.3 is 20.3 Å². The van der Waals surface area contributed by atoms with Gasteiger partial charge in [-0.2, -0.15) is 0 Å². The predicted molar refractivity (Wildman–Crippen MR) is 79.8 cm³/mol. The summed E-state index contributed by atoms with van der Waals surface area (Å²) in [5.74, 6) is -0.813. The highest BCUT2D eigenvalue weighted by molar-refractivity contribution is 5.79. The Bertz CT molecular complexity index is 654. The molecule has 0 spiro atoms. The van der Waals surface area contributed by atoms with E-state index in [1.54, 1.807) is 18.2 Å². The molecule has 0 radical (unpaired) electrons. The molecule has 110 valence electrons. The Balaban J connectivity index is 2.31. The number of aliphatic carboxylic acids is 1. The van der Waals surface area contributed by atoms with E-state index in [2.05, 4.69) is 5.32 Å². The molecule has 0 aliphatic heterocycles. The van der Waals surface area contributed by atoms with Crippen molar-refractivity contribution < 1.29 is 19.7 Å². The van der Waals surface area contributed by atoms with Crippen LogP contribution in [0.25, 0.3) is 0 Å². The van der Waals surface area contributed by atoms with E-state index in [0.29, 0.717) is 17.0 Å². The summed E-state index contributed by atoms with van der Waals surface area (Å²) < 4.78 is 4.96. The smallest absolute Gasteiger partial charge is 0.330 e. The zero-order chi connectivity index (χ0) is 15.4. The number of nitrogens with one attached hydrogen (secondary N) is 1. The van der Waals surface area contributed by atoms with Crippen molar-refractivity contribution in [3.05, 3.63) is 53.6 Å². The molecule has 0 bridgehead atoms. The molecular formula is C16H17NO4. The van der Waals surface area contributed by atoms with E-state index in [0.717, 1.165) is 5.56 Å². The van der Waals surface area contributed by atoms with Crippen molar-refractivity contribution in [1.82, 2.24) is 0 Å². The lowest BCUT2D eigenvalue weighted by Crippen LogP contribution is -2.20. The highest BCUT2D eigenvalue weighted by Crippen LogP contribution is 2.30. The summed E-state index contributed by atoms with van der Waals surface area (Å²) >= 11 is 0. The van der Waals surface area contributed by atoms with Crippen LogP contribution in [0.5, 0.6) is 11.5 Å². The first-order chi connectivity index (χ1) is 10.0. The Labute approximate surface area is 122 Å². The quantitative estimate of drug-likeness (QED) is 0.788. The van der Waals surface area contributed by atoms with Gasteiger partial charge in [-0.05, 0) is 42.3 Å². The maximum Gasteiger partial charge on any atom is 0.330 e. The lowest BCUT2D eigenvalue weighted by atomic mass is 10.1. The fourth-order valence-electron chi connectivity index (χ4n) is 2.08. The molecule has 0 heterocycles. The molecule has 0 aliphatic rings. The number of carboxylic acids is 1. The molecule has 1 atom stereocenters. The number of hydrogen-bond donors (Lipinski definition) is 3. The first-order valence-corrected chi connectivity index (χ1v) is 6.44. The number of phenolic OH excluding ortho intramolecular Hbond substituents is 1. The van der Waals surface area contributed by atoms with Crippen LogP contribution in [0.1, 0.15) is 17.2 Å². The van der Waals surface area contributed by atoms with Crippen molar-refractivity contribution in [3.8, 4) is 11.5 Å². The van der Waals surface area contributed by atoms with Gasteiger partial charge in [0.15, 0.2) is 17.5 Å². The maximum atomic E-state index is 11.5. The Kier molecular flexibility index (Phi) is 4.33. The number of ether oxygens (including phenoxy) is 1. The third-order valence-electron chi connectivity index (χ3n) is 3.11. The molecule has 2 aromatic carbocycles. The van der Waals surface area contributed by atoms with E-state index < -0.39 is 12.0 Å². The molecule has 0 saturated heterocycles. The van der Waals surface area contributed by atoms with Crippen LogP contribution in [-0.4, -0.2) is 23.3 Å². The number of phenols is 1. The number of aromatic hydroxyl groups is 1. The Morgan fingerprint density at radius 3 is 2.57 bits per heavy atom. The number of carboxylic acid groups (broad SMARTS) is 1. The van der Waals surface area contributed by atoms with Crippen LogP contribution < -0.4 is 10.1 Å². The second-order valence-corrected chi connectivity index (χ2v) is 4.72. The van der Waals surface area contributed by atoms with Gasteiger partial charge in [-0.15, -0.1) is 0 Å². The summed E-state index contributed by atoms with van der Waals surface area (Å²) in [4.78, 5) is 11.5. The van der Waals surface area contributed by atoms with E-state index in [1.165, 1.54) is 13.2 Å². The summed E-state index contributed by atoms with van der Waals surface area (Å²) in [5.41, 5.74) is 2.18. The van der Waals surface area contributed by atoms with E-state index in [1.807, 2.05) is 25.1 Å². The number of aryl methyl sites for hydroxylation is 1.